The number of carbonyl (C=O) groups is 4. The Balaban J connectivity index is 0.807. The van der Waals surface area contributed by atoms with Gasteiger partial charge in [-0.1, -0.05) is 170 Å². The van der Waals surface area contributed by atoms with Crippen molar-refractivity contribution < 1.29 is 38.1 Å². The zero-order chi connectivity index (χ0) is 56.9. The fourth-order valence-electron chi connectivity index (χ4n) is 10.9. The van der Waals surface area contributed by atoms with Crippen molar-refractivity contribution in [2.24, 2.45) is 0 Å². The summed E-state index contributed by atoms with van der Waals surface area (Å²) in [6.45, 7) is -1.16. The topological polar surface area (TPSA) is 153 Å². The number of amides is 4. The maximum absolute atomic E-state index is 13.7. The predicted molar refractivity (Wildman–Crippen MR) is 334 cm³/mol. The van der Waals surface area contributed by atoms with Gasteiger partial charge in [0.1, 0.15) is 23.0 Å². The number of rotatable bonds is 0. The van der Waals surface area contributed by atoms with E-state index in [9.17, 15) is 19.2 Å². The Labute approximate surface area is 483 Å². The van der Waals surface area contributed by atoms with Gasteiger partial charge >= 0.3 is 0 Å². The zero-order valence-electron chi connectivity index (χ0n) is 45.2. The number of carbonyl (C=O) groups excluding carboxylic acids is 4. The second-order valence-corrected chi connectivity index (χ2v) is 20.3. The SMILES string of the molecule is O=C1COc2ccc3ccccc3c2-c2c(ccc3ccccc23)OCC(=O)Nc2ccc(cc2)-c2ccc(cc2)NC(=O)COc2ccc3ccccc3c2-c2c(ccc3ccccc23)OCC(=O)Nc2ccc(cc2)-c2ccc(cc2)N1. The summed E-state index contributed by atoms with van der Waals surface area (Å²) in [7, 11) is 0. The molecule has 0 spiro atoms. The molecule has 7 heterocycles. The van der Waals surface area contributed by atoms with Crippen LogP contribution in [0.1, 0.15) is 0 Å². The van der Waals surface area contributed by atoms with Gasteiger partial charge in [0.05, 0.1) is 0 Å². The third-order valence-corrected chi connectivity index (χ3v) is 14.8. The molecule has 0 atom stereocenters. The first kappa shape index (κ1) is 52.2. The van der Waals surface area contributed by atoms with E-state index in [0.29, 0.717) is 45.7 Å². The lowest BCUT2D eigenvalue weighted by Gasteiger charge is -2.20. The van der Waals surface area contributed by atoms with Crippen LogP contribution in [0.5, 0.6) is 23.0 Å². The zero-order valence-corrected chi connectivity index (χ0v) is 45.2. The first-order chi connectivity index (χ1) is 41.2. The summed E-state index contributed by atoms with van der Waals surface area (Å²) in [6.07, 6.45) is 0. The van der Waals surface area contributed by atoms with Gasteiger partial charge in [-0.05, 0) is 138 Å². The van der Waals surface area contributed by atoms with E-state index in [2.05, 4.69) is 21.3 Å². The van der Waals surface area contributed by atoms with Gasteiger partial charge in [-0.3, -0.25) is 19.2 Å². The van der Waals surface area contributed by atoms with Gasteiger partial charge < -0.3 is 40.2 Å². The highest BCUT2D eigenvalue weighted by atomic mass is 16.5. The molecule has 12 nitrogen and oxygen atoms in total. The summed E-state index contributed by atoms with van der Waals surface area (Å²) < 4.78 is 25.7. The standard InChI is InChI=1S/C72H52N4O8/c77-65-41-81-61-37-25-49-9-1-5-13-57(49)69(61)70-58-14-6-2-10-50(58)26-38-62(70)82-42-66(78)74-54-31-19-46(20-32-54)48-23-35-56(36-24-48)76-68(80)44-84-64-40-28-52-12-4-8-16-60(52)72(64)71-59-15-7-3-11-51(59)27-39-63(71)83-43-67(79)75-55-33-21-47(22-34-55)45-17-29-53(73-65)30-18-45/h1-40H,41-44H2,(H,73,77)(H,74,78)(H,75,79)(H,76,80). The van der Waals surface area contributed by atoms with Crippen LogP contribution in [0.2, 0.25) is 0 Å². The van der Waals surface area contributed by atoms with Crippen LogP contribution >= 0.6 is 0 Å². The maximum Gasteiger partial charge on any atom is 0.262 e. The van der Waals surface area contributed by atoms with E-state index in [-0.39, 0.29) is 50.1 Å². The molecule has 0 aliphatic carbocycles. The van der Waals surface area contributed by atoms with Crippen LogP contribution in [0.4, 0.5) is 22.7 Å². The molecule has 8 bridgehead atoms. The summed E-state index contributed by atoms with van der Waals surface area (Å²) in [5.74, 6) is 0.416. The number of hydrogen-bond donors (Lipinski definition) is 4. The van der Waals surface area contributed by atoms with Gasteiger partial charge in [0.25, 0.3) is 23.6 Å². The van der Waals surface area contributed by atoms with Crippen LogP contribution in [0.3, 0.4) is 0 Å². The van der Waals surface area contributed by atoms with Crippen LogP contribution in [-0.2, 0) is 19.2 Å². The number of hydrogen-bond acceptors (Lipinski definition) is 8. The minimum atomic E-state index is -0.359. The monoisotopic (exact) mass is 1100 g/mol. The molecule has 0 saturated carbocycles. The van der Waals surface area contributed by atoms with Gasteiger partial charge in [-0.2, -0.15) is 0 Å². The molecule has 0 radical (unpaired) electrons. The molecule has 0 saturated heterocycles. The first-order valence-electron chi connectivity index (χ1n) is 27.4. The lowest BCUT2D eigenvalue weighted by Crippen LogP contribution is -2.21. The average Bonchev–Trinajstić information content (AvgIpc) is 2.71. The summed E-state index contributed by atoms with van der Waals surface area (Å²) in [5, 5.41) is 19.2. The predicted octanol–water partition coefficient (Wildman–Crippen LogP) is 15.4. The molecule has 19 rings (SSSR count). The van der Waals surface area contributed by atoms with Gasteiger partial charge in [-0.25, -0.2) is 0 Å². The van der Waals surface area contributed by atoms with E-state index in [1.165, 1.54) is 0 Å². The highest BCUT2D eigenvalue weighted by molar-refractivity contribution is 6.12. The molecule has 12 heteroatoms. The highest BCUT2D eigenvalue weighted by Crippen LogP contribution is 2.47. The highest BCUT2D eigenvalue weighted by Gasteiger charge is 2.23. The van der Waals surface area contributed by atoms with Crippen molar-refractivity contribution in [3.63, 3.8) is 0 Å². The third-order valence-electron chi connectivity index (χ3n) is 14.8. The summed E-state index contributed by atoms with van der Waals surface area (Å²) in [4.78, 5) is 54.7. The minimum absolute atomic E-state index is 0.291. The van der Waals surface area contributed by atoms with E-state index in [1.807, 2.05) is 243 Å². The fraction of sp³-hybridized carbons (Fsp3) is 0.0556. The number of benzene rings is 12. The van der Waals surface area contributed by atoms with Gasteiger partial charge in [0, 0.05) is 45.0 Å². The number of fused-ring (bicyclic) bond motifs is 4. The molecule has 4 N–H and O–H groups in total. The summed E-state index contributed by atoms with van der Waals surface area (Å²) >= 11 is 0. The lowest BCUT2D eigenvalue weighted by atomic mass is 9.92. The van der Waals surface area contributed by atoms with E-state index in [1.54, 1.807) is 0 Å². The first-order valence-corrected chi connectivity index (χ1v) is 27.4. The molecule has 4 amide bonds. The van der Waals surface area contributed by atoms with E-state index < -0.39 is 0 Å². The van der Waals surface area contributed by atoms with Crippen molar-refractivity contribution in [2.45, 2.75) is 0 Å². The van der Waals surface area contributed by atoms with Crippen molar-refractivity contribution in [2.75, 3.05) is 47.7 Å². The molecular weight excluding hydrogens is 1050 g/mol. The lowest BCUT2D eigenvalue weighted by molar-refractivity contribution is -0.118. The Hall–Kier alpha value is -11.2. The number of nitrogens with one attached hydrogen (secondary N) is 4. The fourth-order valence-corrected chi connectivity index (χ4v) is 10.9. The van der Waals surface area contributed by atoms with Crippen LogP contribution in [0.25, 0.3) is 87.6 Å². The van der Waals surface area contributed by atoms with Crippen LogP contribution < -0.4 is 40.2 Å². The van der Waals surface area contributed by atoms with Crippen molar-refractivity contribution in [1.82, 2.24) is 0 Å². The number of ether oxygens (including phenoxy) is 4. The molecule has 7 aliphatic heterocycles. The molecule has 12 aromatic rings. The van der Waals surface area contributed by atoms with E-state index in [4.69, 9.17) is 18.9 Å². The van der Waals surface area contributed by atoms with Gasteiger partial charge in [0.2, 0.25) is 0 Å². The maximum atomic E-state index is 13.7. The molecule has 0 fully saturated rings. The van der Waals surface area contributed by atoms with Crippen molar-refractivity contribution in [1.29, 1.82) is 0 Å². The normalized spacial score (nSPS) is 13.4. The summed E-state index contributed by atoms with van der Waals surface area (Å²) in [6, 6.07) is 77.0. The van der Waals surface area contributed by atoms with Gasteiger partial charge in [0.15, 0.2) is 26.4 Å². The van der Waals surface area contributed by atoms with Crippen LogP contribution in [-0.4, -0.2) is 50.1 Å². The quantitative estimate of drug-likeness (QED) is 0.117. The molecule has 408 valence electrons. The van der Waals surface area contributed by atoms with E-state index in [0.717, 1.165) is 87.6 Å². The molecule has 0 aromatic heterocycles. The Bertz CT molecular complexity index is 3930. The molecule has 0 unspecified atom stereocenters. The Morgan fingerprint density at radius 3 is 0.643 bits per heavy atom. The Kier molecular flexibility index (Phi) is 14.3. The van der Waals surface area contributed by atoms with Crippen LogP contribution in [0.15, 0.2) is 243 Å². The molecule has 12 aromatic carbocycles. The third kappa shape index (κ3) is 11.0. The van der Waals surface area contributed by atoms with E-state index >= 15 is 0 Å². The second-order valence-electron chi connectivity index (χ2n) is 20.3. The Morgan fingerprint density at radius 2 is 0.429 bits per heavy atom. The van der Waals surface area contributed by atoms with Crippen molar-refractivity contribution in [3.8, 4) is 67.5 Å². The Morgan fingerprint density at radius 1 is 0.226 bits per heavy atom. The molecule has 84 heavy (non-hydrogen) atoms. The molecular formula is C72H52N4O8. The largest absolute Gasteiger partial charge is 0.483 e. The van der Waals surface area contributed by atoms with Gasteiger partial charge in [-0.15, -0.1) is 0 Å². The minimum Gasteiger partial charge on any atom is -0.483 e. The average molecular weight is 1100 g/mol. The van der Waals surface area contributed by atoms with Crippen molar-refractivity contribution in [3.05, 3.63) is 243 Å². The van der Waals surface area contributed by atoms with Crippen LogP contribution in [0, 0.1) is 0 Å². The summed E-state index contributed by atoms with van der Waals surface area (Å²) in [5.41, 5.74) is 8.80. The number of anilines is 4. The second kappa shape index (κ2) is 23.1. The van der Waals surface area contributed by atoms with Crippen molar-refractivity contribution >= 4 is 89.5 Å². The molecule has 7 aliphatic rings. The smallest absolute Gasteiger partial charge is 0.262 e.